The molecular weight excluding hydrogens is 349 g/mol. The Balaban J connectivity index is 1.77. The van der Waals surface area contributed by atoms with Gasteiger partial charge in [0.15, 0.2) is 0 Å². The zero-order valence-electron chi connectivity index (χ0n) is 15.3. The summed E-state index contributed by atoms with van der Waals surface area (Å²) in [6, 6.07) is 2.49. The maximum Gasteiger partial charge on any atom is 0.267 e. The molecule has 2 aliphatic rings. The van der Waals surface area contributed by atoms with Gasteiger partial charge in [-0.05, 0) is 69.3 Å². The Morgan fingerprint density at radius 1 is 1.33 bits per heavy atom. The van der Waals surface area contributed by atoms with Gasteiger partial charge < -0.3 is 20.3 Å². The number of pyridine rings is 1. The van der Waals surface area contributed by atoms with Crippen LogP contribution in [-0.2, 0) is 6.42 Å². The van der Waals surface area contributed by atoms with E-state index < -0.39 is 23.0 Å². The second-order valence-electron chi connectivity index (χ2n) is 7.65. The summed E-state index contributed by atoms with van der Waals surface area (Å²) in [4.78, 5) is 25.8. The fourth-order valence-corrected chi connectivity index (χ4v) is 4.30. The third kappa shape index (κ3) is 3.10. The molecule has 0 spiro atoms. The number of amides is 1. The number of aromatic hydroxyl groups is 1. The molecule has 4 rings (SSSR count). The van der Waals surface area contributed by atoms with Crippen molar-refractivity contribution in [2.24, 2.45) is 5.92 Å². The minimum Gasteiger partial charge on any atom is -0.506 e. The van der Waals surface area contributed by atoms with Crippen LogP contribution in [0.2, 0.25) is 0 Å². The van der Waals surface area contributed by atoms with Crippen LogP contribution in [0.4, 0.5) is 4.39 Å². The molecule has 1 aromatic carbocycles. The zero-order valence-corrected chi connectivity index (χ0v) is 15.3. The van der Waals surface area contributed by atoms with Crippen LogP contribution in [-0.4, -0.2) is 35.2 Å². The summed E-state index contributed by atoms with van der Waals surface area (Å²) < 4.78 is 15.6. The Hall–Kier alpha value is -2.41. The van der Waals surface area contributed by atoms with E-state index in [1.807, 2.05) is 6.92 Å². The van der Waals surface area contributed by atoms with Gasteiger partial charge in [0.25, 0.3) is 11.5 Å². The van der Waals surface area contributed by atoms with Crippen LogP contribution in [0.5, 0.6) is 5.75 Å². The number of aromatic nitrogens is 1. The van der Waals surface area contributed by atoms with E-state index in [1.165, 1.54) is 16.7 Å². The van der Waals surface area contributed by atoms with E-state index >= 15 is 0 Å². The molecule has 0 radical (unpaired) electrons. The van der Waals surface area contributed by atoms with E-state index in [0.29, 0.717) is 36.4 Å². The lowest BCUT2D eigenvalue weighted by Gasteiger charge is -2.27. The summed E-state index contributed by atoms with van der Waals surface area (Å²) in [5.41, 5.74) is 0.425. The molecule has 0 aliphatic carbocycles. The first-order valence-electron chi connectivity index (χ1n) is 9.56. The van der Waals surface area contributed by atoms with Gasteiger partial charge in [-0.1, -0.05) is 0 Å². The maximum absolute atomic E-state index is 14.0. The normalized spacial score (nSPS) is 20.0. The second-order valence-corrected chi connectivity index (χ2v) is 7.65. The number of hydrogen-bond donors (Lipinski definition) is 3. The quantitative estimate of drug-likeness (QED) is 0.769. The minimum absolute atomic E-state index is 0.116. The summed E-state index contributed by atoms with van der Waals surface area (Å²) >= 11 is 0. The van der Waals surface area contributed by atoms with Gasteiger partial charge in [-0.3, -0.25) is 9.59 Å². The number of nitrogens with one attached hydrogen (secondary N) is 2. The highest BCUT2D eigenvalue weighted by Gasteiger charge is 2.28. The van der Waals surface area contributed by atoms with Crippen LogP contribution in [0.15, 0.2) is 16.9 Å². The summed E-state index contributed by atoms with van der Waals surface area (Å²) in [6.07, 6.45) is 3.24. The summed E-state index contributed by atoms with van der Waals surface area (Å²) in [5.74, 6) is -1.15. The molecule has 27 heavy (non-hydrogen) atoms. The van der Waals surface area contributed by atoms with Crippen molar-refractivity contribution in [2.75, 3.05) is 19.6 Å². The van der Waals surface area contributed by atoms with Crippen molar-refractivity contribution in [3.63, 3.8) is 0 Å². The Morgan fingerprint density at radius 3 is 2.81 bits per heavy atom. The molecule has 3 heterocycles. The molecule has 0 saturated carbocycles. The van der Waals surface area contributed by atoms with Crippen molar-refractivity contribution in [1.29, 1.82) is 0 Å². The molecule has 1 saturated heterocycles. The monoisotopic (exact) mass is 373 g/mol. The molecule has 1 atom stereocenters. The SMILES string of the molecule is CC1CCc2cc(F)cc3c(O)c(C(=O)NCC4CCNCC4)c(=O)n1c23. The van der Waals surface area contributed by atoms with Crippen LogP contribution in [0.25, 0.3) is 10.9 Å². The average molecular weight is 373 g/mol. The molecule has 7 heteroatoms. The highest BCUT2D eigenvalue weighted by atomic mass is 19.1. The minimum atomic E-state index is -0.592. The Labute approximate surface area is 156 Å². The van der Waals surface area contributed by atoms with Crippen LogP contribution >= 0.6 is 0 Å². The molecule has 1 aromatic heterocycles. The lowest BCUT2D eigenvalue weighted by atomic mass is 9.95. The fraction of sp³-hybridized carbons (Fsp3) is 0.500. The third-order valence-corrected chi connectivity index (χ3v) is 5.83. The third-order valence-electron chi connectivity index (χ3n) is 5.83. The predicted octanol–water partition coefficient (Wildman–Crippen LogP) is 2.08. The van der Waals surface area contributed by atoms with Crippen molar-refractivity contribution >= 4 is 16.8 Å². The first-order chi connectivity index (χ1) is 13.0. The number of nitrogens with zero attached hydrogens (tertiary/aromatic N) is 1. The summed E-state index contributed by atoms with van der Waals surface area (Å²) in [7, 11) is 0. The van der Waals surface area contributed by atoms with Crippen molar-refractivity contribution in [3.05, 3.63) is 39.4 Å². The molecule has 2 aliphatic heterocycles. The van der Waals surface area contributed by atoms with Gasteiger partial charge in [-0.15, -0.1) is 0 Å². The van der Waals surface area contributed by atoms with Gasteiger partial charge in [0.2, 0.25) is 0 Å². The van der Waals surface area contributed by atoms with Gasteiger partial charge in [0, 0.05) is 18.0 Å². The Kier molecular flexibility index (Phi) is 4.63. The lowest BCUT2D eigenvalue weighted by molar-refractivity contribution is 0.0939. The standard InChI is InChI=1S/C20H24FN3O3/c1-11-2-3-13-8-14(21)9-15-17(13)24(11)20(27)16(18(15)25)19(26)23-10-12-4-6-22-7-5-12/h8-9,11-12,22,25H,2-7,10H2,1H3,(H,23,26). The van der Waals surface area contributed by atoms with Gasteiger partial charge in [-0.25, -0.2) is 4.39 Å². The molecular formula is C20H24FN3O3. The molecule has 3 N–H and O–H groups in total. The molecule has 2 aromatic rings. The highest BCUT2D eigenvalue weighted by Crippen LogP contribution is 2.35. The number of piperidine rings is 1. The van der Waals surface area contributed by atoms with Crippen LogP contribution in [0.1, 0.15) is 48.1 Å². The second kappa shape index (κ2) is 6.96. The van der Waals surface area contributed by atoms with Gasteiger partial charge >= 0.3 is 0 Å². The fourth-order valence-electron chi connectivity index (χ4n) is 4.30. The van der Waals surface area contributed by atoms with Crippen molar-refractivity contribution in [1.82, 2.24) is 15.2 Å². The average Bonchev–Trinajstić information content (AvgIpc) is 2.66. The molecule has 0 bridgehead atoms. The van der Waals surface area contributed by atoms with Crippen molar-refractivity contribution in [2.45, 2.75) is 38.6 Å². The number of carbonyl (C=O) groups is 1. The summed E-state index contributed by atoms with van der Waals surface area (Å²) in [5, 5.41) is 17.0. The number of rotatable bonds is 3. The van der Waals surface area contributed by atoms with Crippen LogP contribution in [0, 0.1) is 11.7 Å². The number of hydrogen-bond acceptors (Lipinski definition) is 4. The molecule has 1 amide bonds. The van der Waals surface area contributed by atoms with Crippen molar-refractivity contribution < 1.29 is 14.3 Å². The lowest BCUT2D eigenvalue weighted by Crippen LogP contribution is -2.39. The van der Waals surface area contributed by atoms with E-state index in [2.05, 4.69) is 10.6 Å². The van der Waals surface area contributed by atoms with Crippen LogP contribution < -0.4 is 16.2 Å². The summed E-state index contributed by atoms with van der Waals surface area (Å²) in [6.45, 7) is 4.19. The first-order valence-corrected chi connectivity index (χ1v) is 9.56. The van der Waals surface area contributed by atoms with E-state index in [4.69, 9.17) is 0 Å². The molecule has 144 valence electrons. The van der Waals surface area contributed by atoms with Gasteiger partial charge in [0.05, 0.1) is 5.52 Å². The number of halogens is 1. The molecule has 1 fully saturated rings. The van der Waals surface area contributed by atoms with E-state index in [9.17, 15) is 19.1 Å². The Morgan fingerprint density at radius 2 is 2.07 bits per heavy atom. The van der Waals surface area contributed by atoms with Crippen LogP contribution in [0.3, 0.4) is 0 Å². The van der Waals surface area contributed by atoms with E-state index in [-0.39, 0.29) is 17.0 Å². The molecule has 1 unspecified atom stereocenters. The van der Waals surface area contributed by atoms with Gasteiger partial charge in [0.1, 0.15) is 17.1 Å². The number of carbonyl (C=O) groups excluding carboxylic acids is 1. The Bertz CT molecular complexity index is 963. The maximum atomic E-state index is 14.0. The largest absolute Gasteiger partial charge is 0.506 e. The number of benzene rings is 1. The van der Waals surface area contributed by atoms with Crippen molar-refractivity contribution in [3.8, 4) is 5.75 Å². The number of aryl methyl sites for hydroxylation is 1. The predicted molar refractivity (Wildman–Crippen MR) is 101 cm³/mol. The van der Waals surface area contributed by atoms with E-state index in [0.717, 1.165) is 25.9 Å². The zero-order chi connectivity index (χ0) is 19.1. The molecule has 6 nitrogen and oxygen atoms in total. The first kappa shape index (κ1) is 18.0. The highest BCUT2D eigenvalue weighted by molar-refractivity contribution is 6.03. The topological polar surface area (TPSA) is 83.4 Å². The van der Waals surface area contributed by atoms with Gasteiger partial charge in [-0.2, -0.15) is 0 Å². The van der Waals surface area contributed by atoms with E-state index in [1.54, 1.807) is 0 Å². The smallest absolute Gasteiger partial charge is 0.267 e.